The number of hydrogen-bond acceptors (Lipinski definition) is 3. The van der Waals surface area contributed by atoms with Crippen LogP contribution in [-0.2, 0) is 4.79 Å². The molecule has 0 spiro atoms. The highest BCUT2D eigenvalue weighted by molar-refractivity contribution is 5.70. The van der Waals surface area contributed by atoms with Gasteiger partial charge in [0.15, 0.2) is 0 Å². The molecule has 1 aromatic carbocycles. The van der Waals surface area contributed by atoms with Crippen molar-refractivity contribution in [2.75, 3.05) is 13.1 Å². The number of carboxylic acid groups (broad SMARTS) is 1. The number of carboxylic acids is 1. The molecule has 1 aromatic rings. The van der Waals surface area contributed by atoms with Crippen LogP contribution in [0.15, 0.2) is 30.3 Å². The molecule has 1 aliphatic rings. The van der Waals surface area contributed by atoms with Gasteiger partial charge < -0.3 is 14.7 Å². The van der Waals surface area contributed by atoms with E-state index in [0.29, 0.717) is 31.2 Å². The fourth-order valence-electron chi connectivity index (χ4n) is 2.39. The predicted octanol–water partition coefficient (Wildman–Crippen LogP) is 2.76. The lowest BCUT2D eigenvalue weighted by Crippen LogP contribution is -2.40. The van der Waals surface area contributed by atoms with E-state index < -0.39 is 5.97 Å². The summed E-state index contributed by atoms with van der Waals surface area (Å²) in [4.78, 5) is 24.2. The fraction of sp³-hybridized carbons (Fsp3) is 0.467. The smallest absolute Gasteiger partial charge is 0.415 e. The molecule has 1 saturated heterocycles. The Kier molecular flexibility index (Phi) is 4.98. The van der Waals surface area contributed by atoms with E-state index in [0.717, 1.165) is 12.8 Å². The molecule has 1 amide bonds. The third kappa shape index (κ3) is 4.26. The second kappa shape index (κ2) is 6.93. The van der Waals surface area contributed by atoms with Crippen LogP contribution in [0.3, 0.4) is 0 Å². The van der Waals surface area contributed by atoms with Gasteiger partial charge in [0.2, 0.25) is 0 Å². The van der Waals surface area contributed by atoms with Gasteiger partial charge in [0, 0.05) is 19.5 Å². The molecule has 2 rings (SSSR count). The summed E-state index contributed by atoms with van der Waals surface area (Å²) in [5.74, 6) is 0.188. The lowest BCUT2D eigenvalue weighted by atomic mass is 9.92. The van der Waals surface area contributed by atoms with E-state index >= 15 is 0 Å². The van der Waals surface area contributed by atoms with Crippen molar-refractivity contribution in [1.29, 1.82) is 0 Å². The lowest BCUT2D eigenvalue weighted by molar-refractivity contribution is -0.137. The van der Waals surface area contributed by atoms with Crippen molar-refractivity contribution >= 4 is 12.1 Å². The van der Waals surface area contributed by atoms with Crippen LogP contribution in [0, 0.1) is 5.92 Å². The maximum Gasteiger partial charge on any atom is 0.415 e. The van der Waals surface area contributed by atoms with Gasteiger partial charge >= 0.3 is 12.1 Å². The molecular formula is C15H19NO4. The molecule has 0 radical (unpaired) electrons. The number of benzene rings is 1. The van der Waals surface area contributed by atoms with Crippen LogP contribution in [0.5, 0.6) is 5.75 Å². The van der Waals surface area contributed by atoms with E-state index in [-0.39, 0.29) is 12.5 Å². The summed E-state index contributed by atoms with van der Waals surface area (Å²) in [5, 5.41) is 8.66. The summed E-state index contributed by atoms with van der Waals surface area (Å²) < 4.78 is 5.28. The minimum absolute atomic E-state index is 0.207. The van der Waals surface area contributed by atoms with Crippen LogP contribution in [0.2, 0.25) is 0 Å². The van der Waals surface area contributed by atoms with Gasteiger partial charge in [0.25, 0.3) is 0 Å². The van der Waals surface area contributed by atoms with Crippen LogP contribution in [0.1, 0.15) is 25.7 Å². The highest BCUT2D eigenvalue weighted by Gasteiger charge is 2.24. The van der Waals surface area contributed by atoms with Crippen LogP contribution < -0.4 is 4.74 Å². The molecule has 0 aliphatic carbocycles. The SMILES string of the molecule is O=C(O)CCC1CCN(C(=O)Oc2ccccc2)CC1. The van der Waals surface area contributed by atoms with Gasteiger partial charge in [-0.25, -0.2) is 4.79 Å². The monoisotopic (exact) mass is 277 g/mol. The Morgan fingerprint density at radius 2 is 1.85 bits per heavy atom. The van der Waals surface area contributed by atoms with E-state index in [9.17, 15) is 9.59 Å². The van der Waals surface area contributed by atoms with E-state index in [1.54, 1.807) is 17.0 Å². The second-order valence-electron chi connectivity index (χ2n) is 5.04. The number of para-hydroxylation sites is 1. The van der Waals surface area contributed by atoms with Gasteiger partial charge in [-0.05, 0) is 37.3 Å². The Labute approximate surface area is 118 Å². The maximum atomic E-state index is 11.9. The lowest BCUT2D eigenvalue weighted by Gasteiger charge is -2.31. The van der Waals surface area contributed by atoms with Crippen molar-refractivity contribution in [3.63, 3.8) is 0 Å². The topological polar surface area (TPSA) is 66.8 Å². The molecule has 108 valence electrons. The van der Waals surface area contributed by atoms with E-state index in [1.165, 1.54) is 0 Å². The minimum atomic E-state index is -0.754. The van der Waals surface area contributed by atoms with Crippen molar-refractivity contribution in [3.8, 4) is 5.75 Å². The number of nitrogens with zero attached hydrogens (tertiary/aromatic N) is 1. The molecule has 0 bridgehead atoms. The first-order chi connectivity index (χ1) is 9.65. The molecule has 0 saturated carbocycles. The highest BCUT2D eigenvalue weighted by Crippen LogP contribution is 2.22. The first-order valence-electron chi connectivity index (χ1n) is 6.89. The van der Waals surface area contributed by atoms with Crippen molar-refractivity contribution in [1.82, 2.24) is 4.90 Å². The van der Waals surface area contributed by atoms with E-state index in [4.69, 9.17) is 9.84 Å². The Morgan fingerprint density at radius 1 is 1.20 bits per heavy atom. The summed E-state index contributed by atoms with van der Waals surface area (Å²) in [6, 6.07) is 9.00. The largest absolute Gasteiger partial charge is 0.481 e. The van der Waals surface area contributed by atoms with Gasteiger partial charge in [-0.2, -0.15) is 0 Å². The molecule has 1 N–H and O–H groups in total. The number of ether oxygens (including phenoxy) is 1. The van der Waals surface area contributed by atoms with Crippen molar-refractivity contribution < 1.29 is 19.4 Å². The Balaban J connectivity index is 1.76. The first kappa shape index (κ1) is 14.4. The number of hydrogen-bond donors (Lipinski definition) is 1. The molecule has 5 nitrogen and oxygen atoms in total. The average molecular weight is 277 g/mol. The van der Waals surface area contributed by atoms with Crippen LogP contribution >= 0.6 is 0 Å². The summed E-state index contributed by atoms with van der Waals surface area (Å²) >= 11 is 0. The fourth-order valence-corrected chi connectivity index (χ4v) is 2.39. The van der Waals surface area contributed by atoms with E-state index in [1.807, 2.05) is 18.2 Å². The summed E-state index contributed by atoms with van der Waals surface area (Å²) in [6.07, 6.45) is 2.26. The zero-order valence-corrected chi connectivity index (χ0v) is 11.3. The average Bonchev–Trinajstić information content (AvgIpc) is 2.46. The third-order valence-corrected chi connectivity index (χ3v) is 3.59. The summed E-state index contributed by atoms with van der Waals surface area (Å²) in [7, 11) is 0. The molecule has 1 fully saturated rings. The van der Waals surface area contributed by atoms with Gasteiger partial charge in [-0.1, -0.05) is 18.2 Å². The maximum absolute atomic E-state index is 11.9. The van der Waals surface area contributed by atoms with Gasteiger partial charge in [-0.15, -0.1) is 0 Å². The molecule has 20 heavy (non-hydrogen) atoms. The Morgan fingerprint density at radius 3 is 2.45 bits per heavy atom. The number of amides is 1. The number of aliphatic carboxylic acids is 1. The number of likely N-dealkylation sites (tertiary alicyclic amines) is 1. The molecular weight excluding hydrogens is 258 g/mol. The molecule has 5 heteroatoms. The zero-order valence-electron chi connectivity index (χ0n) is 11.3. The van der Waals surface area contributed by atoms with Crippen molar-refractivity contribution in [3.05, 3.63) is 30.3 Å². The zero-order chi connectivity index (χ0) is 14.4. The van der Waals surface area contributed by atoms with Gasteiger partial charge in [-0.3, -0.25) is 4.79 Å². The quantitative estimate of drug-likeness (QED) is 0.919. The number of carbonyl (C=O) groups is 2. The number of carbonyl (C=O) groups excluding carboxylic acids is 1. The van der Waals surface area contributed by atoms with Crippen LogP contribution in [0.25, 0.3) is 0 Å². The molecule has 0 aromatic heterocycles. The Bertz CT molecular complexity index is 452. The van der Waals surface area contributed by atoms with E-state index in [2.05, 4.69) is 0 Å². The molecule has 1 aliphatic heterocycles. The van der Waals surface area contributed by atoms with Crippen LogP contribution in [0.4, 0.5) is 4.79 Å². The first-order valence-corrected chi connectivity index (χ1v) is 6.89. The van der Waals surface area contributed by atoms with Crippen molar-refractivity contribution in [2.45, 2.75) is 25.7 Å². The van der Waals surface area contributed by atoms with Crippen molar-refractivity contribution in [2.24, 2.45) is 5.92 Å². The summed E-state index contributed by atoms with van der Waals surface area (Å²) in [5.41, 5.74) is 0. The van der Waals surface area contributed by atoms with Crippen LogP contribution in [-0.4, -0.2) is 35.2 Å². The van der Waals surface area contributed by atoms with Gasteiger partial charge in [0.05, 0.1) is 0 Å². The Hall–Kier alpha value is -2.04. The highest BCUT2D eigenvalue weighted by atomic mass is 16.6. The third-order valence-electron chi connectivity index (χ3n) is 3.59. The second-order valence-corrected chi connectivity index (χ2v) is 5.04. The van der Waals surface area contributed by atoms with Gasteiger partial charge in [0.1, 0.15) is 5.75 Å². The summed E-state index contributed by atoms with van der Waals surface area (Å²) in [6.45, 7) is 1.27. The minimum Gasteiger partial charge on any atom is -0.481 e. The predicted molar refractivity (Wildman–Crippen MR) is 73.6 cm³/mol. The standard InChI is InChI=1S/C15H19NO4/c17-14(18)7-6-12-8-10-16(11-9-12)15(19)20-13-4-2-1-3-5-13/h1-5,12H,6-11H2,(H,17,18). The number of piperidine rings is 1. The molecule has 1 heterocycles. The molecule has 0 unspecified atom stereocenters. The number of rotatable bonds is 4. The molecule has 0 atom stereocenters. The normalized spacial score (nSPS) is 15.9.